The van der Waals surface area contributed by atoms with Gasteiger partial charge in [-0.15, -0.1) is 0 Å². The van der Waals surface area contributed by atoms with E-state index in [1.165, 1.54) is 16.7 Å². The van der Waals surface area contributed by atoms with Gasteiger partial charge in [-0.05, 0) is 82.8 Å². The number of fused-ring (bicyclic) bond motifs is 1. The number of hydrogen-bond donors (Lipinski definition) is 3. The molecule has 2 aliphatic heterocycles. The number of benzene rings is 2. The van der Waals surface area contributed by atoms with Gasteiger partial charge >= 0.3 is 0 Å². The molecule has 0 amide bonds. The maximum Gasteiger partial charge on any atom is 0.181 e. The summed E-state index contributed by atoms with van der Waals surface area (Å²) in [6, 6.07) is 9.01. The topological polar surface area (TPSA) is 133 Å². The molecule has 5 rings (SSSR count). The zero-order chi connectivity index (χ0) is 27.6. The Morgan fingerprint density at radius 3 is 2.50 bits per heavy atom. The van der Waals surface area contributed by atoms with Gasteiger partial charge in [-0.3, -0.25) is 11.7 Å². The first-order chi connectivity index (χ1) is 18.2. The fraction of sp³-hybridized carbons (Fsp3) is 0.429. The molecule has 1 aromatic heterocycles. The molecule has 10 heteroatoms. The number of aromatic nitrogens is 2. The fourth-order valence-corrected chi connectivity index (χ4v) is 6.89. The van der Waals surface area contributed by atoms with E-state index in [1.54, 1.807) is 44.3 Å². The lowest BCUT2D eigenvalue weighted by Crippen LogP contribution is -2.27. The fourth-order valence-electron chi connectivity index (χ4n) is 5.45. The minimum atomic E-state index is -3.54. The summed E-state index contributed by atoms with van der Waals surface area (Å²) in [6.45, 7) is 9.65. The summed E-state index contributed by atoms with van der Waals surface area (Å²) < 4.78 is 32.5. The molecule has 0 spiro atoms. The normalized spacial score (nSPS) is 17.5. The van der Waals surface area contributed by atoms with E-state index in [-0.39, 0.29) is 11.0 Å². The van der Waals surface area contributed by atoms with Crippen LogP contribution in [0, 0.1) is 6.92 Å². The number of nitrogens with one attached hydrogen (secondary N) is 1. The van der Waals surface area contributed by atoms with Crippen LogP contribution in [0.15, 0.2) is 41.4 Å². The Balaban J connectivity index is 0.00000164. The predicted molar refractivity (Wildman–Crippen MR) is 152 cm³/mol. The van der Waals surface area contributed by atoms with Crippen molar-refractivity contribution in [1.82, 2.24) is 15.3 Å². The number of aryl methyl sites for hydroxylation is 1. The number of hydrazine groups is 1. The van der Waals surface area contributed by atoms with Gasteiger partial charge in [0.15, 0.2) is 15.7 Å². The molecule has 0 radical (unpaired) electrons. The van der Waals surface area contributed by atoms with Crippen LogP contribution in [-0.2, 0) is 16.3 Å². The molecule has 1 saturated heterocycles. The lowest BCUT2D eigenvalue weighted by atomic mass is 9.82. The number of sulfone groups is 1. The largest absolute Gasteiger partial charge is 0.489 e. The number of nitrogens with zero attached hydrogens (tertiary/aromatic N) is 2. The van der Waals surface area contributed by atoms with Crippen molar-refractivity contribution in [2.24, 2.45) is 11.7 Å². The summed E-state index contributed by atoms with van der Waals surface area (Å²) in [5.41, 5.74) is 5.59. The molecule has 38 heavy (non-hydrogen) atoms. The second-order valence-corrected chi connectivity index (χ2v) is 13.0. The van der Waals surface area contributed by atoms with Crippen LogP contribution in [0.1, 0.15) is 56.2 Å². The van der Waals surface area contributed by atoms with E-state index in [0.717, 1.165) is 43.7 Å². The molecule has 1 fully saturated rings. The molecule has 2 aliphatic rings. The molecule has 0 aliphatic carbocycles. The highest BCUT2D eigenvalue weighted by Crippen LogP contribution is 2.46. The highest BCUT2D eigenvalue weighted by molar-refractivity contribution is 7.92. The quantitative estimate of drug-likeness (QED) is 0.307. The van der Waals surface area contributed by atoms with E-state index in [1.807, 2.05) is 0 Å². The molecule has 1 atom stereocenters. The number of nitrogens with two attached hydrogens (primary N) is 2. The van der Waals surface area contributed by atoms with Crippen molar-refractivity contribution in [3.05, 3.63) is 58.2 Å². The van der Waals surface area contributed by atoms with Crippen molar-refractivity contribution in [3.8, 4) is 28.4 Å². The third-order valence-corrected chi connectivity index (χ3v) is 9.73. The van der Waals surface area contributed by atoms with Crippen molar-refractivity contribution < 1.29 is 13.2 Å². The summed E-state index contributed by atoms with van der Waals surface area (Å²) in [4.78, 5) is 9.62. The first kappa shape index (κ1) is 28.4. The van der Waals surface area contributed by atoms with Gasteiger partial charge in [0.25, 0.3) is 0 Å². The molecule has 8 nitrogen and oxygen atoms in total. The molecule has 0 bridgehead atoms. The molecular formula is C28H36ClN5O3S. The maximum absolute atomic E-state index is 13.1. The first-order valence-electron chi connectivity index (χ1n) is 12.9. The van der Waals surface area contributed by atoms with Crippen LogP contribution in [0.3, 0.4) is 0 Å². The third kappa shape index (κ3) is 5.31. The maximum atomic E-state index is 13.1. The Morgan fingerprint density at radius 2 is 1.82 bits per heavy atom. The highest BCUT2D eigenvalue weighted by Gasteiger charge is 2.32. The molecular weight excluding hydrogens is 522 g/mol. The predicted octanol–water partition coefficient (Wildman–Crippen LogP) is 4.56. The second-order valence-electron chi connectivity index (χ2n) is 10.1. The lowest BCUT2D eigenvalue weighted by Gasteiger charge is -2.27. The molecule has 204 valence electrons. The summed E-state index contributed by atoms with van der Waals surface area (Å²) in [5.74, 6) is 9.84. The zero-order valence-corrected chi connectivity index (χ0v) is 23.9. The number of hydrogen-bond acceptors (Lipinski definition) is 8. The van der Waals surface area contributed by atoms with Crippen molar-refractivity contribution in [3.63, 3.8) is 0 Å². The summed E-state index contributed by atoms with van der Waals surface area (Å²) in [5, 5.41) is 3.20. The summed E-state index contributed by atoms with van der Waals surface area (Å²) in [7, 11) is -3.54. The molecule has 3 aromatic rings. The van der Waals surface area contributed by atoms with Gasteiger partial charge in [0.05, 0.1) is 32.6 Å². The Hall–Kier alpha value is -2.56. The van der Waals surface area contributed by atoms with E-state index in [0.29, 0.717) is 28.0 Å². The van der Waals surface area contributed by atoms with Gasteiger partial charge < -0.3 is 10.1 Å². The SMILES string of the molecule is Cc1cc(-c2ncc(Cl)c(-c3ccccc3S(=O)(=O)C(C)C)n2)c2c(c1C1CCNCC1)CC(C)O2.NN. The van der Waals surface area contributed by atoms with Crippen LogP contribution in [0.25, 0.3) is 22.6 Å². The molecule has 0 saturated carbocycles. The zero-order valence-electron chi connectivity index (χ0n) is 22.3. The van der Waals surface area contributed by atoms with Crippen LogP contribution >= 0.6 is 11.6 Å². The number of halogens is 1. The Labute approximate surface area is 230 Å². The van der Waals surface area contributed by atoms with Gasteiger partial charge in [0.1, 0.15) is 11.9 Å². The number of ether oxygens (including phenoxy) is 1. The summed E-state index contributed by atoms with van der Waals surface area (Å²) in [6.07, 6.45) is 4.72. The van der Waals surface area contributed by atoms with Crippen molar-refractivity contribution >= 4 is 21.4 Å². The molecule has 5 N–H and O–H groups in total. The van der Waals surface area contributed by atoms with Crippen molar-refractivity contribution in [2.45, 2.75) is 69.1 Å². The minimum absolute atomic E-state index is 0.0738. The average molecular weight is 558 g/mol. The first-order valence-corrected chi connectivity index (χ1v) is 14.8. The van der Waals surface area contributed by atoms with Gasteiger partial charge in [-0.1, -0.05) is 29.8 Å². The Kier molecular flexibility index (Phi) is 8.74. The van der Waals surface area contributed by atoms with Crippen molar-refractivity contribution in [2.75, 3.05) is 13.1 Å². The average Bonchev–Trinajstić information content (AvgIpc) is 3.31. The van der Waals surface area contributed by atoms with Crippen LogP contribution in [-0.4, -0.2) is 42.8 Å². The van der Waals surface area contributed by atoms with E-state index in [9.17, 15) is 8.42 Å². The summed E-state index contributed by atoms with van der Waals surface area (Å²) >= 11 is 6.56. The standard InChI is InChI=1S/C28H32ClN3O3S.H4N2/c1-16(2)36(33,34)24-8-6-5-7-20(24)26-23(29)15-31-28(32-26)22-13-17(3)25(19-9-11-30-12-10-19)21-14-18(4)35-27(21)22;1-2/h5-8,13,15-16,18-19,30H,9-12,14H2,1-4H3;1-2H2. The van der Waals surface area contributed by atoms with Crippen LogP contribution in [0.2, 0.25) is 5.02 Å². The van der Waals surface area contributed by atoms with Gasteiger partial charge in [0, 0.05) is 17.5 Å². The molecule has 1 unspecified atom stereocenters. The lowest BCUT2D eigenvalue weighted by molar-refractivity contribution is 0.255. The monoisotopic (exact) mass is 557 g/mol. The van der Waals surface area contributed by atoms with E-state index in [2.05, 4.69) is 41.9 Å². The third-order valence-electron chi connectivity index (χ3n) is 7.24. The molecule has 2 aromatic carbocycles. The van der Waals surface area contributed by atoms with Gasteiger partial charge in [0.2, 0.25) is 0 Å². The van der Waals surface area contributed by atoms with Crippen LogP contribution in [0.5, 0.6) is 5.75 Å². The van der Waals surface area contributed by atoms with E-state index < -0.39 is 15.1 Å². The second kappa shape index (κ2) is 11.7. The van der Waals surface area contributed by atoms with Gasteiger partial charge in [-0.2, -0.15) is 0 Å². The van der Waals surface area contributed by atoms with Crippen LogP contribution in [0.4, 0.5) is 0 Å². The van der Waals surface area contributed by atoms with E-state index in [4.69, 9.17) is 21.3 Å². The molecule has 3 heterocycles. The van der Waals surface area contributed by atoms with Crippen molar-refractivity contribution in [1.29, 1.82) is 0 Å². The Morgan fingerprint density at radius 1 is 1.13 bits per heavy atom. The number of piperidine rings is 1. The number of rotatable bonds is 5. The minimum Gasteiger partial charge on any atom is -0.489 e. The smallest absolute Gasteiger partial charge is 0.181 e. The van der Waals surface area contributed by atoms with E-state index >= 15 is 0 Å². The Bertz CT molecular complexity index is 1420. The van der Waals surface area contributed by atoms with Crippen LogP contribution < -0.4 is 21.7 Å². The highest BCUT2D eigenvalue weighted by atomic mass is 35.5. The van der Waals surface area contributed by atoms with Gasteiger partial charge in [-0.25, -0.2) is 18.4 Å².